The van der Waals surface area contributed by atoms with E-state index in [1.54, 1.807) is 18.3 Å². The van der Waals surface area contributed by atoms with E-state index < -0.39 is 17.7 Å². The summed E-state index contributed by atoms with van der Waals surface area (Å²) >= 11 is 0. The Morgan fingerprint density at radius 2 is 1.76 bits per heavy atom. The molecule has 0 amide bonds. The molecule has 132 valence electrons. The first-order chi connectivity index (χ1) is 11.9. The van der Waals surface area contributed by atoms with Gasteiger partial charge >= 0.3 is 6.18 Å². The van der Waals surface area contributed by atoms with E-state index in [-0.39, 0.29) is 17.8 Å². The van der Waals surface area contributed by atoms with Crippen LogP contribution >= 0.6 is 0 Å². The Labute approximate surface area is 141 Å². The first-order valence-corrected chi connectivity index (χ1v) is 7.77. The zero-order valence-corrected chi connectivity index (χ0v) is 13.2. The number of carbonyl (C=O) groups is 1. The van der Waals surface area contributed by atoms with Gasteiger partial charge in [0.15, 0.2) is 11.5 Å². The molecular weight excluding hydrogens is 338 g/mol. The molecule has 0 aromatic carbocycles. The first kappa shape index (κ1) is 17.3. The Hall–Kier alpha value is -2.51. The van der Waals surface area contributed by atoms with Crippen molar-refractivity contribution in [2.45, 2.75) is 25.4 Å². The number of Topliss-reactive ketones (excluding diaryl/α,β-unsaturated/α-hetero) is 1. The van der Waals surface area contributed by atoms with E-state index in [1.165, 1.54) is 6.07 Å². The van der Waals surface area contributed by atoms with Crippen LogP contribution in [0.5, 0.6) is 0 Å². The lowest BCUT2D eigenvalue weighted by Gasteiger charge is -2.28. The van der Waals surface area contributed by atoms with E-state index in [2.05, 4.69) is 9.97 Å². The summed E-state index contributed by atoms with van der Waals surface area (Å²) in [6.45, 7) is 0.991. The molecule has 3 rings (SSSR count). The zero-order chi connectivity index (χ0) is 18.0. The summed E-state index contributed by atoms with van der Waals surface area (Å²) in [5, 5.41) is 0. The molecule has 1 aliphatic rings. The average molecular weight is 353 g/mol. The lowest BCUT2D eigenvalue weighted by molar-refractivity contribution is -0.143. The number of halogens is 4. The molecule has 1 fully saturated rings. The van der Waals surface area contributed by atoms with Crippen LogP contribution in [0.25, 0.3) is 0 Å². The minimum absolute atomic E-state index is 0.0367. The van der Waals surface area contributed by atoms with E-state index in [1.807, 2.05) is 4.90 Å². The van der Waals surface area contributed by atoms with Gasteiger partial charge in [-0.25, -0.2) is 14.4 Å². The maximum absolute atomic E-state index is 14.2. The van der Waals surface area contributed by atoms with E-state index in [0.717, 1.165) is 6.20 Å². The average Bonchev–Trinajstić information content (AvgIpc) is 2.57. The van der Waals surface area contributed by atoms with Gasteiger partial charge in [-0.15, -0.1) is 0 Å². The Kier molecular flexibility index (Phi) is 4.69. The van der Waals surface area contributed by atoms with Gasteiger partial charge in [0.25, 0.3) is 0 Å². The molecule has 25 heavy (non-hydrogen) atoms. The van der Waals surface area contributed by atoms with Gasteiger partial charge in [0.2, 0.25) is 0 Å². The van der Waals surface area contributed by atoms with E-state index in [9.17, 15) is 22.4 Å². The van der Waals surface area contributed by atoms with Crippen molar-refractivity contribution in [2.75, 3.05) is 18.0 Å². The molecule has 8 heteroatoms. The van der Waals surface area contributed by atoms with Crippen LogP contribution in [0.2, 0.25) is 0 Å². The normalized spacial score (nSPS) is 15.5. The fraction of sp³-hybridized carbons (Fsp3) is 0.353. The summed E-state index contributed by atoms with van der Waals surface area (Å²) in [6.07, 6.45) is -1.55. The molecule has 0 bridgehead atoms. The number of hydrogen-bond donors (Lipinski definition) is 0. The van der Waals surface area contributed by atoms with Crippen LogP contribution < -0.4 is 4.90 Å². The molecule has 0 N–H and O–H groups in total. The summed E-state index contributed by atoms with van der Waals surface area (Å²) < 4.78 is 52.7. The number of alkyl halides is 3. The molecule has 0 radical (unpaired) electrons. The second-order valence-electron chi connectivity index (χ2n) is 5.82. The molecule has 0 aliphatic carbocycles. The quantitative estimate of drug-likeness (QED) is 0.794. The molecule has 0 atom stereocenters. The molecule has 3 heterocycles. The highest BCUT2D eigenvalue weighted by Crippen LogP contribution is 2.32. The fourth-order valence-electron chi connectivity index (χ4n) is 2.84. The maximum Gasteiger partial charge on any atom is 0.436 e. The second-order valence-corrected chi connectivity index (χ2v) is 5.82. The summed E-state index contributed by atoms with van der Waals surface area (Å²) in [5.74, 6) is -0.623. The van der Waals surface area contributed by atoms with Crippen molar-refractivity contribution in [3.05, 3.63) is 53.2 Å². The minimum atomic E-state index is -4.84. The Morgan fingerprint density at radius 1 is 1.04 bits per heavy atom. The molecule has 0 spiro atoms. The van der Waals surface area contributed by atoms with Gasteiger partial charge in [0.05, 0.1) is 0 Å². The summed E-state index contributed by atoms with van der Waals surface area (Å²) in [4.78, 5) is 20.7. The Bertz CT molecular complexity index is 782. The van der Waals surface area contributed by atoms with Crippen LogP contribution in [0.15, 0.2) is 30.6 Å². The number of rotatable bonds is 3. The van der Waals surface area contributed by atoms with Gasteiger partial charge in [-0.3, -0.25) is 4.79 Å². The highest BCUT2D eigenvalue weighted by molar-refractivity contribution is 5.81. The lowest BCUT2D eigenvalue weighted by Crippen LogP contribution is -2.35. The van der Waals surface area contributed by atoms with Gasteiger partial charge in [-0.1, -0.05) is 6.07 Å². The maximum atomic E-state index is 14.2. The van der Waals surface area contributed by atoms with Crippen LogP contribution in [0.4, 0.5) is 23.4 Å². The number of nitrogens with zero attached hydrogens (tertiary/aromatic N) is 3. The summed E-state index contributed by atoms with van der Waals surface area (Å²) in [5.41, 5.74) is -1.00. The highest BCUT2D eigenvalue weighted by Gasteiger charge is 2.37. The molecule has 1 saturated heterocycles. The standard InChI is InChI=1S/C17H15F4N3O/c18-14-11(3-7-22-15(14)17(19,20)21)10-12-2-1-6-23-16(12)24-8-4-13(25)5-9-24/h1-3,6-7H,4-5,8-10H2. The SMILES string of the molecule is O=C1CCN(c2ncccc2Cc2ccnc(C(F)(F)F)c2F)CC1. The number of hydrogen-bond acceptors (Lipinski definition) is 4. The summed E-state index contributed by atoms with van der Waals surface area (Å²) in [7, 11) is 0. The number of aromatic nitrogens is 2. The van der Waals surface area contributed by atoms with Gasteiger partial charge in [0.1, 0.15) is 11.6 Å². The van der Waals surface area contributed by atoms with Crippen LogP contribution in [-0.4, -0.2) is 28.8 Å². The fourth-order valence-corrected chi connectivity index (χ4v) is 2.84. The van der Waals surface area contributed by atoms with Gasteiger partial charge < -0.3 is 4.90 Å². The highest BCUT2D eigenvalue weighted by atomic mass is 19.4. The second kappa shape index (κ2) is 6.78. The van der Waals surface area contributed by atoms with E-state index >= 15 is 0 Å². The third kappa shape index (κ3) is 3.78. The van der Waals surface area contributed by atoms with Crippen LogP contribution in [-0.2, 0) is 17.4 Å². The molecule has 4 nitrogen and oxygen atoms in total. The first-order valence-electron chi connectivity index (χ1n) is 7.77. The molecule has 2 aromatic rings. The number of pyridine rings is 2. The van der Waals surface area contributed by atoms with Crippen molar-refractivity contribution in [2.24, 2.45) is 0 Å². The Morgan fingerprint density at radius 3 is 2.44 bits per heavy atom. The number of anilines is 1. The third-order valence-corrected chi connectivity index (χ3v) is 4.11. The smallest absolute Gasteiger partial charge is 0.355 e. The largest absolute Gasteiger partial charge is 0.436 e. The van der Waals surface area contributed by atoms with Crippen LogP contribution in [0.1, 0.15) is 29.7 Å². The van der Waals surface area contributed by atoms with Crippen molar-refractivity contribution in [1.29, 1.82) is 0 Å². The molecule has 1 aliphatic heterocycles. The van der Waals surface area contributed by atoms with Crippen molar-refractivity contribution in [1.82, 2.24) is 9.97 Å². The van der Waals surface area contributed by atoms with Crippen LogP contribution in [0, 0.1) is 5.82 Å². The van der Waals surface area contributed by atoms with Crippen molar-refractivity contribution in [3.63, 3.8) is 0 Å². The zero-order valence-electron chi connectivity index (χ0n) is 13.2. The number of ketones is 1. The third-order valence-electron chi connectivity index (χ3n) is 4.11. The number of carbonyl (C=O) groups excluding carboxylic acids is 1. The van der Waals surface area contributed by atoms with Gasteiger partial charge in [-0.05, 0) is 23.3 Å². The van der Waals surface area contributed by atoms with Crippen molar-refractivity contribution >= 4 is 11.6 Å². The van der Waals surface area contributed by atoms with Crippen molar-refractivity contribution < 1.29 is 22.4 Å². The van der Waals surface area contributed by atoms with Crippen LogP contribution in [0.3, 0.4) is 0 Å². The lowest BCUT2D eigenvalue weighted by atomic mass is 10.0. The topological polar surface area (TPSA) is 46.1 Å². The number of piperidine rings is 1. The minimum Gasteiger partial charge on any atom is -0.355 e. The molecule has 0 saturated carbocycles. The van der Waals surface area contributed by atoms with E-state index in [4.69, 9.17) is 0 Å². The predicted octanol–water partition coefficient (Wildman–Crippen LogP) is 3.39. The van der Waals surface area contributed by atoms with Crippen molar-refractivity contribution in [3.8, 4) is 0 Å². The monoisotopic (exact) mass is 353 g/mol. The molecule has 2 aromatic heterocycles. The van der Waals surface area contributed by atoms with E-state index in [0.29, 0.717) is 37.3 Å². The van der Waals surface area contributed by atoms with Gasteiger partial charge in [-0.2, -0.15) is 13.2 Å². The molecule has 0 unspecified atom stereocenters. The van der Waals surface area contributed by atoms with Gasteiger partial charge in [0, 0.05) is 44.7 Å². The molecular formula is C17H15F4N3O. The predicted molar refractivity (Wildman–Crippen MR) is 82.7 cm³/mol. The Balaban J connectivity index is 1.91. The summed E-state index contributed by atoms with van der Waals surface area (Å²) in [6, 6.07) is 4.59.